The Hall–Kier alpha value is -1.80. The van der Waals surface area contributed by atoms with Crippen molar-refractivity contribution in [1.82, 2.24) is 14.6 Å². The van der Waals surface area contributed by atoms with Gasteiger partial charge in [0.25, 0.3) is 5.56 Å². The van der Waals surface area contributed by atoms with Crippen LogP contribution in [-0.4, -0.2) is 40.6 Å². The van der Waals surface area contributed by atoms with Crippen LogP contribution in [0.4, 0.5) is 11.5 Å². The van der Waals surface area contributed by atoms with Gasteiger partial charge in [0.05, 0.1) is 6.10 Å². The number of rotatable bonds is 18. The summed E-state index contributed by atoms with van der Waals surface area (Å²) in [5.41, 5.74) is 3.31. The highest BCUT2D eigenvalue weighted by atomic mass is 16.3. The third kappa shape index (κ3) is 8.15. The average molecular weight is 480 g/mol. The number of aliphatic hydroxyl groups is 1. The molecule has 34 heavy (non-hydrogen) atoms. The summed E-state index contributed by atoms with van der Waals surface area (Å²) in [7, 11) is 3.60. The summed E-state index contributed by atoms with van der Waals surface area (Å²) in [5, 5.41) is 12.2. The van der Waals surface area contributed by atoms with Gasteiger partial charge in [0.2, 0.25) is 0 Å². The van der Waals surface area contributed by atoms with Crippen LogP contribution >= 0.6 is 0 Å². The van der Waals surface area contributed by atoms with Crippen molar-refractivity contribution in [1.29, 1.82) is 0 Å². The minimum Gasteiger partial charge on any atom is -0.392 e. The van der Waals surface area contributed by atoms with Gasteiger partial charge < -0.3 is 10.0 Å². The molecular formula is C26H49N5O3. The van der Waals surface area contributed by atoms with Crippen molar-refractivity contribution in [2.24, 2.45) is 7.05 Å². The zero-order valence-corrected chi connectivity index (χ0v) is 22.2. The van der Waals surface area contributed by atoms with Crippen molar-refractivity contribution in [2.45, 2.75) is 116 Å². The van der Waals surface area contributed by atoms with Crippen molar-refractivity contribution in [3.63, 3.8) is 0 Å². The van der Waals surface area contributed by atoms with E-state index in [1.807, 2.05) is 17.0 Å². The summed E-state index contributed by atoms with van der Waals surface area (Å²) in [4.78, 5) is 28.1. The van der Waals surface area contributed by atoms with Crippen molar-refractivity contribution >= 4 is 11.5 Å². The van der Waals surface area contributed by atoms with Crippen LogP contribution in [0.3, 0.4) is 0 Å². The Bertz CT molecular complexity index is 835. The molecule has 8 nitrogen and oxygen atoms in total. The molecule has 0 fully saturated rings. The van der Waals surface area contributed by atoms with Crippen LogP contribution < -0.4 is 26.6 Å². The molecule has 196 valence electrons. The van der Waals surface area contributed by atoms with Crippen LogP contribution in [0.2, 0.25) is 0 Å². The van der Waals surface area contributed by atoms with E-state index in [-0.39, 0.29) is 11.2 Å². The molecule has 0 aromatic carbocycles. The molecule has 2 rings (SSSR count). The molecule has 1 aliphatic rings. The van der Waals surface area contributed by atoms with Crippen LogP contribution in [0, 0.1) is 0 Å². The van der Waals surface area contributed by atoms with E-state index < -0.39 is 6.10 Å². The van der Waals surface area contributed by atoms with Gasteiger partial charge in [0.15, 0.2) is 5.82 Å². The van der Waals surface area contributed by atoms with Crippen LogP contribution in [0.1, 0.15) is 104 Å². The highest BCUT2D eigenvalue weighted by molar-refractivity contribution is 5.70. The fourth-order valence-electron chi connectivity index (χ4n) is 4.76. The number of anilines is 2. The van der Waals surface area contributed by atoms with E-state index in [4.69, 9.17) is 0 Å². The monoisotopic (exact) mass is 479 g/mol. The predicted molar refractivity (Wildman–Crippen MR) is 142 cm³/mol. The first-order valence-electron chi connectivity index (χ1n) is 13.7. The summed E-state index contributed by atoms with van der Waals surface area (Å²) < 4.78 is 2.95. The largest absolute Gasteiger partial charge is 0.392 e. The summed E-state index contributed by atoms with van der Waals surface area (Å²) in [6, 6.07) is 0. The Labute approximate surface area is 205 Å². The molecule has 0 bridgehead atoms. The second kappa shape index (κ2) is 15.2. The lowest BCUT2D eigenvalue weighted by Gasteiger charge is -2.23. The van der Waals surface area contributed by atoms with Crippen molar-refractivity contribution in [3.05, 3.63) is 20.8 Å². The number of hydrogen-bond donors (Lipinski definition) is 2. The molecule has 0 saturated carbocycles. The summed E-state index contributed by atoms with van der Waals surface area (Å²) >= 11 is 0. The summed E-state index contributed by atoms with van der Waals surface area (Å²) in [5.74, 6) is 0.583. The van der Waals surface area contributed by atoms with E-state index in [1.165, 1.54) is 55.9 Å². The maximum absolute atomic E-state index is 13.2. The molecule has 2 heterocycles. The molecule has 1 unspecified atom stereocenters. The van der Waals surface area contributed by atoms with Gasteiger partial charge in [-0.25, -0.2) is 10.2 Å². The SMILES string of the molecule is CCCCCCCCCn1c(=O)c2c(n(C)c1=O)N(NCC(O)CCCCCCCC)CN2C. The molecule has 8 heteroatoms. The number of nitrogens with zero attached hydrogens (tertiary/aromatic N) is 4. The first-order chi connectivity index (χ1) is 16.4. The van der Waals surface area contributed by atoms with Gasteiger partial charge in [-0.05, 0) is 12.8 Å². The topological polar surface area (TPSA) is 82.7 Å². The highest BCUT2D eigenvalue weighted by Crippen LogP contribution is 2.28. The number of fused-ring (bicyclic) bond motifs is 1. The van der Waals surface area contributed by atoms with Crippen molar-refractivity contribution < 1.29 is 5.11 Å². The van der Waals surface area contributed by atoms with E-state index in [0.29, 0.717) is 31.3 Å². The predicted octanol–water partition coefficient (Wildman–Crippen LogP) is 4.13. The molecule has 0 saturated heterocycles. The van der Waals surface area contributed by atoms with Gasteiger partial charge >= 0.3 is 5.69 Å². The summed E-state index contributed by atoms with van der Waals surface area (Å²) in [6.07, 6.45) is 15.5. The zero-order valence-electron chi connectivity index (χ0n) is 22.2. The van der Waals surface area contributed by atoms with Crippen LogP contribution in [0.15, 0.2) is 9.59 Å². The van der Waals surface area contributed by atoms with Crippen molar-refractivity contribution in [3.8, 4) is 0 Å². The number of aromatic nitrogens is 2. The summed E-state index contributed by atoms with van der Waals surface area (Å²) in [6.45, 7) is 5.75. The third-order valence-corrected chi connectivity index (χ3v) is 6.88. The zero-order chi connectivity index (χ0) is 24.9. The molecule has 1 atom stereocenters. The molecule has 1 aromatic rings. The molecule has 0 spiro atoms. The molecule has 0 aliphatic carbocycles. The number of hydrazine groups is 1. The Morgan fingerprint density at radius 1 is 0.853 bits per heavy atom. The molecule has 1 aliphatic heterocycles. The first kappa shape index (κ1) is 28.4. The Balaban J connectivity index is 1.92. The Kier molecular flexibility index (Phi) is 12.8. The molecular weight excluding hydrogens is 430 g/mol. The lowest BCUT2D eigenvalue weighted by Crippen LogP contribution is -2.46. The minimum atomic E-state index is -0.449. The molecule has 2 N–H and O–H groups in total. The van der Waals surface area contributed by atoms with Crippen molar-refractivity contribution in [2.75, 3.05) is 30.2 Å². The second-order valence-corrected chi connectivity index (χ2v) is 9.93. The highest BCUT2D eigenvalue weighted by Gasteiger charge is 2.31. The van der Waals surface area contributed by atoms with Gasteiger partial charge in [-0.15, -0.1) is 0 Å². The minimum absolute atomic E-state index is 0.219. The van der Waals surface area contributed by atoms with Gasteiger partial charge in [-0.2, -0.15) is 0 Å². The molecule has 0 amide bonds. The van der Waals surface area contributed by atoms with E-state index in [9.17, 15) is 14.7 Å². The first-order valence-corrected chi connectivity index (χ1v) is 13.7. The second-order valence-electron chi connectivity index (χ2n) is 9.93. The van der Waals surface area contributed by atoms with E-state index in [2.05, 4.69) is 19.3 Å². The van der Waals surface area contributed by atoms with E-state index >= 15 is 0 Å². The van der Waals surface area contributed by atoms with Gasteiger partial charge in [0, 0.05) is 27.2 Å². The lowest BCUT2D eigenvalue weighted by molar-refractivity contribution is 0.157. The Morgan fingerprint density at radius 2 is 1.41 bits per heavy atom. The number of hydrogen-bond acceptors (Lipinski definition) is 6. The van der Waals surface area contributed by atoms with Crippen LogP contribution in [0.5, 0.6) is 0 Å². The fraction of sp³-hybridized carbons (Fsp3) is 0.846. The molecule has 1 aromatic heterocycles. The normalized spacial score (nSPS) is 14.1. The number of unbranched alkanes of at least 4 members (excludes halogenated alkanes) is 11. The molecule has 0 radical (unpaired) electrons. The fourth-order valence-corrected chi connectivity index (χ4v) is 4.76. The smallest absolute Gasteiger partial charge is 0.332 e. The van der Waals surface area contributed by atoms with E-state index in [0.717, 1.165) is 38.5 Å². The quantitative estimate of drug-likeness (QED) is 0.308. The average Bonchev–Trinajstić information content (AvgIpc) is 3.16. The number of aliphatic hydroxyl groups excluding tert-OH is 1. The third-order valence-electron chi connectivity index (χ3n) is 6.88. The van der Waals surface area contributed by atoms with Crippen LogP contribution in [0.25, 0.3) is 0 Å². The number of nitrogens with one attached hydrogen (secondary N) is 1. The van der Waals surface area contributed by atoms with Crippen LogP contribution in [-0.2, 0) is 13.6 Å². The van der Waals surface area contributed by atoms with Gasteiger partial charge in [0.1, 0.15) is 12.4 Å². The lowest BCUT2D eigenvalue weighted by atomic mass is 10.1. The van der Waals surface area contributed by atoms with Gasteiger partial charge in [-0.3, -0.25) is 18.9 Å². The maximum atomic E-state index is 13.2. The maximum Gasteiger partial charge on any atom is 0.332 e. The van der Waals surface area contributed by atoms with Gasteiger partial charge in [-0.1, -0.05) is 90.9 Å². The standard InChI is InChI=1S/C26H49N5O3/c1-5-7-9-11-13-15-17-19-30-25(33)23-24(29(4)26(30)34)31(21-28(23)3)27-20-22(32)18-16-14-12-10-8-6-2/h22,27,32H,5-21H2,1-4H3. The van der Waals surface area contributed by atoms with E-state index in [1.54, 1.807) is 11.6 Å². The Morgan fingerprint density at radius 3 is 2.03 bits per heavy atom.